The van der Waals surface area contributed by atoms with E-state index in [1.807, 2.05) is 19.2 Å². The van der Waals surface area contributed by atoms with Crippen molar-refractivity contribution in [2.45, 2.75) is 75.5 Å². The molecule has 0 saturated carbocycles. The van der Waals surface area contributed by atoms with Crippen LogP contribution in [0.15, 0.2) is 53.6 Å². The first-order valence-electron chi connectivity index (χ1n) is 14.2. The summed E-state index contributed by atoms with van der Waals surface area (Å²) in [5, 5.41) is 6.06. The minimum absolute atomic E-state index is 0.00961. The van der Waals surface area contributed by atoms with E-state index in [-0.39, 0.29) is 22.3 Å². The Bertz CT molecular complexity index is 1470. The van der Waals surface area contributed by atoms with Crippen LogP contribution in [0.4, 0.5) is 11.5 Å². The number of nitrogens with one attached hydrogen (secondary N) is 2. The van der Waals surface area contributed by atoms with Crippen LogP contribution in [0.2, 0.25) is 0 Å². The fraction of sp³-hybridized carbons (Fsp3) is 0.452. The molecule has 5 rings (SSSR count). The Hall–Kier alpha value is -3.50. The molecule has 1 amide bonds. The number of rotatable bonds is 2. The molecule has 220 valence electrons. The zero-order chi connectivity index (χ0) is 29.6. The Morgan fingerprint density at radius 1 is 1.10 bits per heavy atom. The van der Waals surface area contributed by atoms with E-state index in [9.17, 15) is 13.2 Å². The molecule has 0 fully saturated rings. The smallest absolute Gasteiger partial charge is 0.278 e. The highest BCUT2D eigenvalue weighted by Crippen LogP contribution is 2.34. The van der Waals surface area contributed by atoms with Gasteiger partial charge >= 0.3 is 0 Å². The van der Waals surface area contributed by atoms with Crippen LogP contribution >= 0.6 is 0 Å². The van der Waals surface area contributed by atoms with Gasteiger partial charge in [-0.25, -0.2) is 18.4 Å². The van der Waals surface area contributed by atoms with Crippen LogP contribution in [-0.2, 0) is 16.4 Å². The molecule has 1 aromatic heterocycles. The number of amides is 1. The summed E-state index contributed by atoms with van der Waals surface area (Å²) in [7, 11) is -1.72. The summed E-state index contributed by atoms with van der Waals surface area (Å²) >= 11 is 0. The molecule has 4 bridgehead atoms. The summed E-state index contributed by atoms with van der Waals surface area (Å²) in [5.74, 6) is 0.369. The third-order valence-corrected chi connectivity index (χ3v) is 10.1. The van der Waals surface area contributed by atoms with E-state index in [4.69, 9.17) is 10.5 Å². The van der Waals surface area contributed by atoms with Gasteiger partial charge in [0.05, 0.1) is 33.8 Å². The van der Waals surface area contributed by atoms with Crippen molar-refractivity contribution in [3.8, 4) is 17.0 Å². The van der Waals surface area contributed by atoms with Gasteiger partial charge in [0.15, 0.2) is 21.3 Å². The van der Waals surface area contributed by atoms with Crippen molar-refractivity contribution in [3.63, 3.8) is 0 Å². The number of anilines is 2. The third-order valence-electron chi connectivity index (χ3n) is 7.59. The maximum absolute atomic E-state index is 13.6. The maximum atomic E-state index is 13.6. The first-order valence-corrected chi connectivity index (χ1v) is 15.7. The number of nitrogens with zero attached hydrogens (tertiary/aromatic N) is 2. The standard InChI is InChI=1S/C31H41N5O4S/c1-21-10-7-5-6-8-17-40-28-23(19-33-4)11-9-12-25(28)36-30(37)27-29(32)34-20-26(35-27)22-13-15-24(16-14-22)41(38,39)31(2,3)18-21/h9,11-16,20-21,33H,5-8,10,17-19H2,1-4H3,(H2,32,34)(H,36,37). The lowest BCUT2D eigenvalue weighted by molar-refractivity contribution is 0.102. The molecule has 0 aliphatic carbocycles. The average Bonchev–Trinajstić information content (AvgIpc) is 2.93. The quantitative estimate of drug-likeness (QED) is 0.356. The number of sulfone groups is 1. The van der Waals surface area contributed by atoms with Gasteiger partial charge in [0.2, 0.25) is 0 Å². The van der Waals surface area contributed by atoms with Gasteiger partial charge in [0.25, 0.3) is 5.91 Å². The summed E-state index contributed by atoms with van der Waals surface area (Å²) in [6, 6.07) is 12.2. The van der Waals surface area contributed by atoms with Crippen LogP contribution in [0.25, 0.3) is 11.3 Å². The molecule has 1 unspecified atom stereocenters. The zero-order valence-electron chi connectivity index (χ0n) is 24.4. The number of carbonyl (C=O) groups excluding carboxylic acids is 1. The van der Waals surface area contributed by atoms with E-state index in [0.717, 1.165) is 37.7 Å². The molecule has 41 heavy (non-hydrogen) atoms. The number of para-hydroxylation sites is 1. The van der Waals surface area contributed by atoms with Crippen molar-refractivity contribution < 1.29 is 17.9 Å². The van der Waals surface area contributed by atoms with Crippen molar-refractivity contribution in [2.75, 3.05) is 24.7 Å². The second kappa shape index (κ2) is 13.0. The van der Waals surface area contributed by atoms with Crippen LogP contribution < -0.4 is 21.1 Å². The minimum atomic E-state index is -3.58. The molecule has 1 atom stereocenters. The Labute approximate surface area is 243 Å². The molecule has 0 radical (unpaired) electrons. The summed E-state index contributed by atoms with van der Waals surface area (Å²) in [4.78, 5) is 22.3. The van der Waals surface area contributed by atoms with E-state index < -0.39 is 20.5 Å². The number of hydrogen-bond donors (Lipinski definition) is 3. The average molecular weight is 580 g/mol. The molecule has 0 spiro atoms. The predicted octanol–water partition coefficient (Wildman–Crippen LogP) is 5.62. The van der Waals surface area contributed by atoms with Crippen molar-refractivity contribution in [2.24, 2.45) is 5.92 Å². The largest absolute Gasteiger partial charge is 0.491 e. The summed E-state index contributed by atoms with van der Waals surface area (Å²) < 4.78 is 32.4. The lowest BCUT2D eigenvalue weighted by Gasteiger charge is -2.28. The van der Waals surface area contributed by atoms with Gasteiger partial charge in [0, 0.05) is 17.7 Å². The summed E-state index contributed by atoms with van der Waals surface area (Å²) in [5.41, 5.74) is 8.53. The monoisotopic (exact) mass is 579 g/mol. The van der Waals surface area contributed by atoms with Crippen molar-refractivity contribution in [1.82, 2.24) is 15.3 Å². The van der Waals surface area contributed by atoms with Gasteiger partial charge in [-0.05, 0) is 57.9 Å². The van der Waals surface area contributed by atoms with E-state index >= 15 is 0 Å². The van der Waals surface area contributed by atoms with Gasteiger partial charge in [-0.1, -0.05) is 56.9 Å². The summed E-state index contributed by atoms with van der Waals surface area (Å²) in [6.45, 7) is 6.83. The Morgan fingerprint density at radius 2 is 1.83 bits per heavy atom. The number of aromatic nitrogens is 2. The molecule has 3 aromatic rings. The first-order chi connectivity index (χ1) is 19.5. The maximum Gasteiger partial charge on any atom is 0.278 e. The van der Waals surface area contributed by atoms with E-state index in [1.54, 1.807) is 44.2 Å². The highest BCUT2D eigenvalue weighted by Gasteiger charge is 2.36. The van der Waals surface area contributed by atoms with Crippen LogP contribution in [0.3, 0.4) is 0 Å². The van der Waals surface area contributed by atoms with Crippen molar-refractivity contribution in [1.29, 1.82) is 0 Å². The molecule has 3 heterocycles. The molecule has 2 aliphatic heterocycles. The number of carbonyl (C=O) groups is 1. The second-order valence-corrected chi connectivity index (χ2v) is 14.0. The SMILES string of the molecule is CNCc1cccc2c1OCCCCCCC(C)CC(C)(C)S(=O)(=O)c1ccc(cc1)-c1cnc(N)c(n1)C(=O)N2. The molecular formula is C31H41N5O4S. The van der Waals surface area contributed by atoms with Crippen LogP contribution in [0, 0.1) is 5.92 Å². The fourth-order valence-corrected chi connectivity index (χ4v) is 7.00. The number of hydrogen-bond acceptors (Lipinski definition) is 8. The topological polar surface area (TPSA) is 136 Å². The highest BCUT2D eigenvalue weighted by molar-refractivity contribution is 7.92. The number of nitrogen functional groups attached to an aromatic ring is 1. The molecule has 4 N–H and O–H groups in total. The first kappa shape index (κ1) is 30.5. The Kier molecular flexibility index (Phi) is 9.65. The molecule has 0 saturated heterocycles. The summed E-state index contributed by atoms with van der Waals surface area (Å²) in [6.07, 6.45) is 6.95. The molecular weight excluding hydrogens is 538 g/mol. The predicted molar refractivity (Wildman–Crippen MR) is 163 cm³/mol. The van der Waals surface area contributed by atoms with Crippen molar-refractivity contribution in [3.05, 3.63) is 59.9 Å². The van der Waals surface area contributed by atoms with Gasteiger partial charge < -0.3 is 21.1 Å². The number of ether oxygens (including phenoxy) is 1. The van der Waals surface area contributed by atoms with Gasteiger partial charge in [-0.3, -0.25) is 4.79 Å². The van der Waals surface area contributed by atoms with Gasteiger partial charge in [-0.2, -0.15) is 0 Å². The highest BCUT2D eigenvalue weighted by atomic mass is 32.2. The zero-order valence-corrected chi connectivity index (χ0v) is 25.2. The Balaban J connectivity index is 1.72. The molecule has 10 heteroatoms. The molecule has 2 aliphatic rings. The lowest BCUT2D eigenvalue weighted by Crippen LogP contribution is -2.34. The fourth-order valence-electron chi connectivity index (χ4n) is 5.37. The Morgan fingerprint density at radius 3 is 2.56 bits per heavy atom. The normalized spacial score (nSPS) is 19.6. The molecule has 9 nitrogen and oxygen atoms in total. The van der Waals surface area contributed by atoms with Crippen LogP contribution in [0.5, 0.6) is 5.75 Å². The lowest BCUT2D eigenvalue weighted by atomic mass is 9.93. The molecule has 2 aromatic carbocycles. The van der Waals surface area contributed by atoms with E-state index in [0.29, 0.717) is 42.3 Å². The van der Waals surface area contributed by atoms with Gasteiger partial charge in [-0.15, -0.1) is 0 Å². The third kappa shape index (κ3) is 7.05. The number of fused-ring (bicyclic) bond motifs is 13. The van der Waals surface area contributed by atoms with E-state index in [2.05, 4.69) is 27.5 Å². The number of nitrogens with two attached hydrogens (primary N) is 1. The van der Waals surface area contributed by atoms with Gasteiger partial charge in [0.1, 0.15) is 5.75 Å². The van der Waals surface area contributed by atoms with Crippen LogP contribution in [-0.4, -0.2) is 42.7 Å². The minimum Gasteiger partial charge on any atom is -0.491 e. The van der Waals surface area contributed by atoms with E-state index in [1.165, 1.54) is 6.20 Å². The second-order valence-electron chi connectivity index (χ2n) is 11.4. The number of benzene rings is 2. The van der Waals surface area contributed by atoms with Crippen molar-refractivity contribution >= 4 is 27.2 Å². The van der Waals surface area contributed by atoms with Crippen LogP contribution in [0.1, 0.15) is 75.3 Å².